The van der Waals surface area contributed by atoms with E-state index in [9.17, 15) is 4.79 Å². The third-order valence-corrected chi connectivity index (χ3v) is 3.61. The maximum absolute atomic E-state index is 10.8. The van der Waals surface area contributed by atoms with E-state index in [0.29, 0.717) is 23.7 Å². The minimum Gasteiger partial charge on any atom is -0.493 e. The van der Waals surface area contributed by atoms with Gasteiger partial charge in [-0.25, -0.2) is 4.79 Å². The fourth-order valence-corrected chi connectivity index (χ4v) is 2.55. The van der Waals surface area contributed by atoms with Gasteiger partial charge >= 0.3 is 5.97 Å². The van der Waals surface area contributed by atoms with E-state index >= 15 is 0 Å². The van der Waals surface area contributed by atoms with Crippen molar-refractivity contribution in [2.24, 2.45) is 0 Å². The zero-order valence-corrected chi connectivity index (χ0v) is 14.2. The number of ether oxygens (including phenoxy) is 2. The molecule has 0 radical (unpaired) electrons. The zero-order chi connectivity index (χ0) is 16.7. The number of carboxylic acid groups (broad SMARTS) is 1. The summed E-state index contributed by atoms with van der Waals surface area (Å²) in [6.07, 6.45) is 3.32. The molecule has 5 heteroatoms. The van der Waals surface area contributed by atoms with Crippen molar-refractivity contribution in [2.45, 2.75) is 6.42 Å². The van der Waals surface area contributed by atoms with Gasteiger partial charge in [0.2, 0.25) is 0 Å². The van der Waals surface area contributed by atoms with Gasteiger partial charge in [0.05, 0.1) is 13.7 Å². The minimum atomic E-state index is -1.01. The van der Waals surface area contributed by atoms with Crippen LogP contribution in [-0.2, 0) is 11.2 Å². The van der Waals surface area contributed by atoms with E-state index in [0.717, 1.165) is 17.0 Å². The summed E-state index contributed by atoms with van der Waals surface area (Å²) in [7, 11) is 1.55. The van der Waals surface area contributed by atoms with Gasteiger partial charge in [-0.1, -0.05) is 46.3 Å². The number of methoxy groups -OCH3 is 1. The van der Waals surface area contributed by atoms with Crippen molar-refractivity contribution in [1.82, 2.24) is 0 Å². The van der Waals surface area contributed by atoms with Gasteiger partial charge < -0.3 is 14.6 Å². The Hall–Kier alpha value is -2.27. The van der Waals surface area contributed by atoms with Gasteiger partial charge in [-0.3, -0.25) is 0 Å². The molecule has 0 saturated carbocycles. The van der Waals surface area contributed by atoms with Crippen molar-refractivity contribution < 1.29 is 19.4 Å². The van der Waals surface area contributed by atoms with Gasteiger partial charge in [0.1, 0.15) is 0 Å². The molecule has 0 amide bonds. The van der Waals surface area contributed by atoms with Crippen LogP contribution in [0.3, 0.4) is 0 Å². The van der Waals surface area contributed by atoms with Crippen molar-refractivity contribution in [2.75, 3.05) is 13.7 Å². The van der Waals surface area contributed by atoms with E-state index in [2.05, 4.69) is 15.9 Å². The SMILES string of the molecule is COc1cc(Br)cc(/C=C/C(=O)O)c1OCCc1ccccc1. The van der Waals surface area contributed by atoms with Gasteiger partial charge in [-0.05, 0) is 23.8 Å². The molecule has 0 aliphatic rings. The average Bonchev–Trinajstić information content (AvgIpc) is 2.55. The molecule has 1 N–H and O–H groups in total. The summed E-state index contributed by atoms with van der Waals surface area (Å²) in [6.45, 7) is 0.468. The number of halogens is 1. The van der Waals surface area contributed by atoms with Crippen LogP contribution in [0.15, 0.2) is 53.0 Å². The summed E-state index contributed by atoms with van der Waals surface area (Å²) in [4.78, 5) is 10.8. The minimum absolute atomic E-state index is 0.468. The number of hydrogen-bond acceptors (Lipinski definition) is 3. The van der Waals surface area contributed by atoms with Crippen LogP contribution in [0, 0.1) is 0 Å². The zero-order valence-electron chi connectivity index (χ0n) is 12.7. The van der Waals surface area contributed by atoms with E-state index < -0.39 is 5.97 Å². The smallest absolute Gasteiger partial charge is 0.328 e. The highest BCUT2D eigenvalue weighted by atomic mass is 79.9. The molecular weight excluding hydrogens is 360 g/mol. The van der Waals surface area contributed by atoms with E-state index in [1.165, 1.54) is 11.6 Å². The first-order valence-corrected chi connectivity index (χ1v) is 7.84. The molecule has 0 bridgehead atoms. The first-order valence-electron chi connectivity index (χ1n) is 7.05. The van der Waals surface area contributed by atoms with Crippen LogP contribution < -0.4 is 9.47 Å². The van der Waals surface area contributed by atoms with Crippen LogP contribution in [0.1, 0.15) is 11.1 Å². The summed E-state index contributed by atoms with van der Waals surface area (Å²) < 4.78 is 12.0. The molecule has 0 aliphatic heterocycles. The number of rotatable bonds is 7. The summed E-state index contributed by atoms with van der Waals surface area (Å²) in [5, 5.41) is 8.82. The second kappa shape index (κ2) is 8.39. The van der Waals surface area contributed by atoms with Crippen LogP contribution in [0.5, 0.6) is 11.5 Å². The number of carbonyl (C=O) groups is 1. The lowest BCUT2D eigenvalue weighted by Crippen LogP contribution is -2.04. The summed E-state index contributed by atoms with van der Waals surface area (Å²) in [5.41, 5.74) is 1.82. The lowest BCUT2D eigenvalue weighted by atomic mass is 10.1. The van der Waals surface area contributed by atoms with Crippen molar-refractivity contribution in [1.29, 1.82) is 0 Å². The maximum atomic E-state index is 10.8. The van der Waals surface area contributed by atoms with Crippen molar-refractivity contribution in [3.63, 3.8) is 0 Å². The quantitative estimate of drug-likeness (QED) is 0.736. The van der Waals surface area contributed by atoms with E-state index in [-0.39, 0.29) is 0 Å². The van der Waals surface area contributed by atoms with E-state index in [1.807, 2.05) is 30.3 Å². The highest BCUT2D eigenvalue weighted by Gasteiger charge is 2.11. The molecule has 4 nitrogen and oxygen atoms in total. The Morgan fingerprint density at radius 2 is 2.00 bits per heavy atom. The Morgan fingerprint density at radius 1 is 1.26 bits per heavy atom. The van der Waals surface area contributed by atoms with Crippen LogP contribution >= 0.6 is 15.9 Å². The number of hydrogen-bond donors (Lipinski definition) is 1. The van der Waals surface area contributed by atoms with Gasteiger partial charge in [-0.2, -0.15) is 0 Å². The molecule has 2 aromatic carbocycles. The largest absolute Gasteiger partial charge is 0.493 e. The predicted octanol–water partition coefficient (Wildman–Crippen LogP) is 4.18. The van der Waals surface area contributed by atoms with Crippen molar-refractivity contribution in [3.8, 4) is 11.5 Å². The fourth-order valence-electron chi connectivity index (χ4n) is 2.10. The molecule has 23 heavy (non-hydrogen) atoms. The monoisotopic (exact) mass is 376 g/mol. The number of aliphatic carboxylic acids is 1. The molecule has 0 fully saturated rings. The Labute approximate surface area is 143 Å². The standard InChI is InChI=1S/C18H17BrO4/c1-22-16-12-15(19)11-14(7-8-17(20)21)18(16)23-10-9-13-5-3-2-4-6-13/h2-8,11-12H,9-10H2,1H3,(H,20,21)/b8-7+. The van der Waals surface area contributed by atoms with Gasteiger partial charge in [0, 0.05) is 22.5 Å². The molecule has 2 aromatic rings. The Balaban J connectivity index is 2.19. The third-order valence-electron chi connectivity index (χ3n) is 3.15. The molecule has 0 atom stereocenters. The molecular formula is C18H17BrO4. The summed E-state index contributed by atoms with van der Waals surface area (Å²) >= 11 is 3.38. The van der Waals surface area contributed by atoms with Gasteiger partial charge in [0.15, 0.2) is 11.5 Å². The Bertz CT molecular complexity index is 696. The second-order valence-corrected chi connectivity index (χ2v) is 5.70. The van der Waals surface area contributed by atoms with Gasteiger partial charge in [0.25, 0.3) is 0 Å². The predicted molar refractivity (Wildman–Crippen MR) is 93.0 cm³/mol. The topological polar surface area (TPSA) is 55.8 Å². The van der Waals surface area contributed by atoms with Crippen LogP contribution in [-0.4, -0.2) is 24.8 Å². The molecule has 0 aliphatic carbocycles. The Kier molecular flexibility index (Phi) is 6.23. The third kappa shape index (κ3) is 5.14. The lowest BCUT2D eigenvalue weighted by molar-refractivity contribution is -0.131. The highest BCUT2D eigenvalue weighted by molar-refractivity contribution is 9.10. The van der Waals surface area contributed by atoms with Gasteiger partial charge in [-0.15, -0.1) is 0 Å². The second-order valence-electron chi connectivity index (χ2n) is 4.78. The molecule has 120 valence electrons. The maximum Gasteiger partial charge on any atom is 0.328 e. The number of benzene rings is 2. The highest BCUT2D eigenvalue weighted by Crippen LogP contribution is 2.35. The first-order chi connectivity index (χ1) is 11.1. The molecule has 0 saturated heterocycles. The van der Waals surface area contributed by atoms with Crippen LogP contribution in [0.25, 0.3) is 6.08 Å². The Morgan fingerprint density at radius 3 is 2.65 bits per heavy atom. The number of carboxylic acids is 1. The molecule has 0 unspecified atom stereocenters. The molecule has 2 rings (SSSR count). The van der Waals surface area contributed by atoms with Crippen LogP contribution in [0.2, 0.25) is 0 Å². The van der Waals surface area contributed by atoms with E-state index in [1.54, 1.807) is 19.2 Å². The van der Waals surface area contributed by atoms with Crippen molar-refractivity contribution in [3.05, 3.63) is 64.1 Å². The van der Waals surface area contributed by atoms with Crippen LogP contribution in [0.4, 0.5) is 0 Å². The molecule has 0 spiro atoms. The van der Waals surface area contributed by atoms with E-state index in [4.69, 9.17) is 14.6 Å². The molecule has 0 heterocycles. The summed E-state index contributed by atoms with van der Waals surface area (Å²) in [6, 6.07) is 13.6. The summed E-state index contributed by atoms with van der Waals surface area (Å²) in [5.74, 6) is 0.0702. The lowest BCUT2D eigenvalue weighted by Gasteiger charge is -2.14. The first kappa shape index (κ1) is 17.1. The fraction of sp³-hybridized carbons (Fsp3) is 0.167. The normalized spacial score (nSPS) is 10.7. The van der Waals surface area contributed by atoms with Crippen molar-refractivity contribution >= 4 is 28.0 Å². The average molecular weight is 377 g/mol. The molecule has 0 aromatic heterocycles.